The summed E-state index contributed by atoms with van der Waals surface area (Å²) in [5.74, 6) is -0.0565. The van der Waals surface area contributed by atoms with Crippen LogP contribution >= 0.6 is 0 Å². The number of amides is 2. The summed E-state index contributed by atoms with van der Waals surface area (Å²) in [6.07, 6.45) is 2.93. The van der Waals surface area contributed by atoms with Crippen molar-refractivity contribution in [3.63, 3.8) is 0 Å². The molecule has 0 unspecified atom stereocenters. The van der Waals surface area contributed by atoms with Gasteiger partial charge in [0.25, 0.3) is 5.91 Å². The van der Waals surface area contributed by atoms with E-state index in [0.29, 0.717) is 18.8 Å². The van der Waals surface area contributed by atoms with Crippen LogP contribution < -0.4 is 15.4 Å². The SMILES string of the molecule is CCN(CC)S(=O)(=O)c1ccc(OC)c(C(=O)NCc2cccc(NC(=O)C3CCC3)c2)c1. The third-order valence-corrected chi connectivity index (χ3v) is 7.93. The van der Waals surface area contributed by atoms with E-state index < -0.39 is 15.9 Å². The fourth-order valence-electron chi connectivity index (χ4n) is 3.69. The molecule has 2 aromatic carbocycles. The van der Waals surface area contributed by atoms with Gasteiger partial charge >= 0.3 is 0 Å². The van der Waals surface area contributed by atoms with Crippen LogP contribution in [0.25, 0.3) is 0 Å². The number of carbonyl (C=O) groups is 2. The van der Waals surface area contributed by atoms with Gasteiger partial charge < -0.3 is 15.4 Å². The molecule has 2 aromatic rings. The fraction of sp³-hybridized carbons (Fsp3) is 0.417. The topological polar surface area (TPSA) is 105 Å². The molecule has 1 saturated carbocycles. The van der Waals surface area contributed by atoms with Crippen LogP contribution in [0.3, 0.4) is 0 Å². The summed E-state index contributed by atoms with van der Waals surface area (Å²) >= 11 is 0. The van der Waals surface area contributed by atoms with E-state index in [9.17, 15) is 18.0 Å². The van der Waals surface area contributed by atoms with Gasteiger partial charge in [0.1, 0.15) is 5.75 Å². The average molecular weight is 474 g/mol. The molecule has 178 valence electrons. The summed E-state index contributed by atoms with van der Waals surface area (Å²) in [4.78, 5) is 25.1. The van der Waals surface area contributed by atoms with Crippen LogP contribution in [-0.2, 0) is 21.4 Å². The zero-order valence-corrected chi connectivity index (χ0v) is 20.1. The first-order valence-corrected chi connectivity index (χ1v) is 12.6. The van der Waals surface area contributed by atoms with E-state index in [1.54, 1.807) is 13.8 Å². The monoisotopic (exact) mass is 473 g/mol. The minimum Gasteiger partial charge on any atom is -0.496 e. The molecule has 0 saturated heterocycles. The smallest absolute Gasteiger partial charge is 0.255 e. The number of carbonyl (C=O) groups excluding carboxylic acids is 2. The summed E-state index contributed by atoms with van der Waals surface area (Å²) in [5, 5.41) is 5.74. The number of sulfonamides is 1. The van der Waals surface area contributed by atoms with E-state index in [4.69, 9.17) is 4.74 Å². The molecule has 0 atom stereocenters. The molecular formula is C24H31N3O5S. The van der Waals surface area contributed by atoms with Crippen molar-refractivity contribution in [3.05, 3.63) is 53.6 Å². The van der Waals surface area contributed by atoms with E-state index >= 15 is 0 Å². The largest absolute Gasteiger partial charge is 0.496 e. The molecule has 2 amide bonds. The molecule has 0 aliphatic heterocycles. The van der Waals surface area contributed by atoms with Gasteiger partial charge in [-0.2, -0.15) is 4.31 Å². The van der Waals surface area contributed by atoms with Gasteiger partial charge in [0, 0.05) is 31.2 Å². The van der Waals surface area contributed by atoms with E-state index in [1.807, 2.05) is 24.3 Å². The maximum Gasteiger partial charge on any atom is 0.255 e. The first kappa shape index (κ1) is 24.7. The number of ether oxygens (including phenoxy) is 1. The lowest BCUT2D eigenvalue weighted by molar-refractivity contribution is -0.122. The number of anilines is 1. The van der Waals surface area contributed by atoms with Crippen molar-refractivity contribution in [2.24, 2.45) is 5.92 Å². The lowest BCUT2D eigenvalue weighted by Crippen LogP contribution is -2.31. The van der Waals surface area contributed by atoms with Gasteiger partial charge in [-0.05, 0) is 48.7 Å². The van der Waals surface area contributed by atoms with Crippen LogP contribution in [0.5, 0.6) is 5.75 Å². The van der Waals surface area contributed by atoms with Gasteiger partial charge in [-0.25, -0.2) is 8.42 Å². The zero-order chi connectivity index (χ0) is 24.0. The van der Waals surface area contributed by atoms with E-state index in [-0.39, 0.29) is 34.6 Å². The lowest BCUT2D eigenvalue weighted by atomic mass is 9.85. The fourth-order valence-corrected chi connectivity index (χ4v) is 5.17. The van der Waals surface area contributed by atoms with Crippen LogP contribution in [0.15, 0.2) is 47.4 Å². The Hall–Kier alpha value is -2.91. The standard InChI is InChI=1S/C24H31N3O5S/c1-4-27(5-2)33(30,31)20-12-13-22(32-3)21(15-20)24(29)25-16-17-8-6-11-19(14-17)26-23(28)18-9-7-10-18/h6,8,11-15,18H,4-5,7,9-10,16H2,1-3H3,(H,25,29)(H,26,28). The number of nitrogens with one attached hydrogen (secondary N) is 2. The van der Waals surface area contributed by atoms with Crippen molar-refractivity contribution < 1.29 is 22.7 Å². The first-order chi connectivity index (χ1) is 15.8. The minimum atomic E-state index is -3.71. The summed E-state index contributed by atoms with van der Waals surface area (Å²) in [5.41, 5.74) is 1.63. The van der Waals surface area contributed by atoms with Crippen molar-refractivity contribution >= 4 is 27.5 Å². The molecule has 3 rings (SSSR count). The third-order valence-electron chi connectivity index (χ3n) is 5.88. The van der Waals surface area contributed by atoms with E-state index in [1.165, 1.54) is 29.6 Å². The molecule has 2 N–H and O–H groups in total. The predicted octanol–water partition coefficient (Wildman–Crippen LogP) is 3.39. The molecular weight excluding hydrogens is 442 g/mol. The Labute approximate surface area is 195 Å². The molecule has 33 heavy (non-hydrogen) atoms. The quantitative estimate of drug-likeness (QED) is 0.550. The molecule has 0 spiro atoms. The van der Waals surface area contributed by atoms with Gasteiger partial charge in [-0.3, -0.25) is 9.59 Å². The van der Waals surface area contributed by atoms with Gasteiger partial charge in [0.2, 0.25) is 15.9 Å². The van der Waals surface area contributed by atoms with Crippen LogP contribution in [0.2, 0.25) is 0 Å². The Morgan fingerprint density at radius 2 is 1.82 bits per heavy atom. The van der Waals surface area contributed by atoms with Crippen LogP contribution in [0.4, 0.5) is 5.69 Å². The predicted molar refractivity (Wildman–Crippen MR) is 127 cm³/mol. The summed E-state index contributed by atoms with van der Waals surface area (Å²) in [6, 6.07) is 11.6. The van der Waals surface area contributed by atoms with Crippen LogP contribution in [0.1, 0.15) is 49.0 Å². The second-order valence-electron chi connectivity index (χ2n) is 7.95. The number of hydrogen-bond acceptors (Lipinski definition) is 5. The molecule has 1 aliphatic carbocycles. The number of hydrogen-bond donors (Lipinski definition) is 2. The Kier molecular flexibility index (Phi) is 8.10. The van der Waals surface area contributed by atoms with E-state index in [2.05, 4.69) is 10.6 Å². The third kappa shape index (κ3) is 5.72. The average Bonchev–Trinajstić information content (AvgIpc) is 2.76. The van der Waals surface area contributed by atoms with Crippen LogP contribution in [-0.4, -0.2) is 44.7 Å². The first-order valence-electron chi connectivity index (χ1n) is 11.2. The van der Waals surface area contributed by atoms with Gasteiger partial charge in [-0.15, -0.1) is 0 Å². The Morgan fingerprint density at radius 3 is 2.42 bits per heavy atom. The second-order valence-corrected chi connectivity index (χ2v) is 9.89. The molecule has 1 fully saturated rings. The highest BCUT2D eigenvalue weighted by atomic mass is 32.2. The molecule has 1 aliphatic rings. The van der Waals surface area contributed by atoms with Crippen molar-refractivity contribution in [2.75, 3.05) is 25.5 Å². The number of benzene rings is 2. The maximum absolute atomic E-state index is 12.9. The van der Waals surface area contributed by atoms with Crippen molar-refractivity contribution in [1.82, 2.24) is 9.62 Å². The molecule has 0 bridgehead atoms. The van der Waals surface area contributed by atoms with Crippen molar-refractivity contribution in [2.45, 2.75) is 44.6 Å². The Morgan fingerprint density at radius 1 is 1.09 bits per heavy atom. The number of methoxy groups -OCH3 is 1. The molecule has 0 heterocycles. The minimum absolute atomic E-state index is 0.0263. The highest BCUT2D eigenvalue weighted by molar-refractivity contribution is 7.89. The molecule has 9 heteroatoms. The maximum atomic E-state index is 12.9. The summed E-state index contributed by atoms with van der Waals surface area (Å²) < 4.78 is 32.4. The highest BCUT2D eigenvalue weighted by Gasteiger charge is 2.26. The van der Waals surface area contributed by atoms with Crippen molar-refractivity contribution in [1.29, 1.82) is 0 Å². The Bertz CT molecular complexity index is 1110. The number of nitrogens with zero attached hydrogens (tertiary/aromatic N) is 1. The highest BCUT2D eigenvalue weighted by Crippen LogP contribution is 2.28. The Balaban J connectivity index is 1.73. The van der Waals surface area contributed by atoms with Gasteiger partial charge in [0.15, 0.2) is 0 Å². The summed E-state index contributed by atoms with van der Waals surface area (Å²) in [6.45, 7) is 4.41. The zero-order valence-electron chi connectivity index (χ0n) is 19.3. The lowest BCUT2D eigenvalue weighted by Gasteiger charge is -2.24. The normalized spacial score (nSPS) is 13.9. The van der Waals surface area contributed by atoms with Gasteiger partial charge in [-0.1, -0.05) is 32.4 Å². The molecule has 0 radical (unpaired) electrons. The van der Waals surface area contributed by atoms with Crippen molar-refractivity contribution in [3.8, 4) is 5.75 Å². The van der Waals surface area contributed by atoms with E-state index in [0.717, 1.165) is 24.8 Å². The van der Waals surface area contributed by atoms with Gasteiger partial charge in [0.05, 0.1) is 17.6 Å². The molecule has 8 nitrogen and oxygen atoms in total. The second kappa shape index (κ2) is 10.8. The number of rotatable bonds is 10. The molecule has 0 aromatic heterocycles. The summed E-state index contributed by atoms with van der Waals surface area (Å²) in [7, 11) is -2.28. The van der Waals surface area contributed by atoms with Crippen LogP contribution in [0, 0.1) is 5.92 Å².